The molecular weight excluding hydrogens is 238 g/mol. The number of benzene rings is 1. The third-order valence-corrected chi connectivity index (χ3v) is 2.90. The second-order valence-corrected chi connectivity index (χ2v) is 4.64. The summed E-state index contributed by atoms with van der Waals surface area (Å²) in [6.07, 6.45) is 0. The molecule has 3 N–H and O–H groups in total. The number of nitrogens with one attached hydrogen (secondary N) is 1. The molecule has 0 spiro atoms. The van der Waals surface area contributed by atoms with Gasteiger partial charge in [0.15, 0.2) is 0 Å². The number of rotatable bonds is 4. The Morgan fingerprint density at radius 3 is 2.47 bits per heavy atom. The summed E-state index contributed by atoms with van der Waals surface area (Å²) in [5.41, 5.74) is 5.06. The third kappa shape index (κ3) is 3.42. The molecule has 0 radical (unpaired) electrons. The van der Waals surface area contributed by atoms with Gasteiger partial charge in [-0.2, -0.15) is 0 Å². The second kappa shape index (κ2) is 5.67. The number of hydrogen-bond acceptors (Lipinski definition) is 5. The van der Waals surface area contributed by atoms with Crippen molar-refractivity contribution in [2.75, 3.05) is 17.4 Å². The number of aryl methyl sites for hydroxylation is 2. The van der Waals surface area contributed by atoms with Gasteiger partial charge in [0.05, 0.1) is 0 Å². The Balaban J connectivity index is 2.17. The maximum Gasteiger partial charge on any atom is 0.145 e. The first kappa shape index (κ1) is 13.3. The molecule has 0 aliphatic heterocycles. The lowest BCUT2D eigenvalue weighted by atomic mass is 10.1. The molecule has 0 saturated carbocycles. The fourth-order valence-electron chi connectivity index (χ4n) is 1.87. The van der Waals surface area contributed by atoms with Gasteiger partial charge >= 0.3 is 0 Å². The van der Waals surface area contributed by atoms with Crippen molar-refractivity contribution in [2.24, 2.45) is 5.84 Å². The highest BCUT2D eigenvalue weighted by Gasteiger charge is 2.06. The summed E-state index contributed by atoms with van der Waals surface area (Å²) >= 11 is 0. The Labute approximate surface area is 113 Å². The Morgan fingerprint density at radius 2 is 1.84 bits per heavy atom. The molecule has 0 bridgehead atoms. The van der Waals surface area contributed by atoms with Crippen molar-refractivity contribution < 1.29 is 0 Å². The summed E-state index contributed by atoms with van der Waals surface area (Å²) in [5.74, 6) is 7.57. The summed E-state index contributed by atoms with van der Waals surface area (Å²) in [6.45, 7) is 4.73. The molecule has 0 amide bonds. The lowest BCUT2D eigenvalue weighted by Crippen LogP contribution is -2.19. The molecule has 0 fully saturated rings. The van der Waals surface area contributed by atoms with Crippen LogP contribution in [0.3, 0.4) is 0 Å². The van der Waals surface area contributed by atoms with Crippen molar-refractivity contribution in [3.63, 3.8) is 0 Å². The topological polar surface area (TPSA) is 67.1 Å². The maximum absolute atomic E-state index is 5.40. The zero-order chi connectivity index (χ0) is 13.8. The van der Waals surface area contributed by atoms with Crippen LogP contribution in [0, 0.1) is 13.8 Å². The number of hydrazine groups is 1. The minimum Gasteiger partial charge on any atom is -0.355 e. The smallest absolute Gasteiger partial charge is 0.145 e. The van der Waals surface area contributed by atoms with Crippen molar-refractivity contribution in [3.8, 4) is 0 Å². The van der Waals surface area contributed by atoms with Gasteiger partial charge in [-0.25, -0.2) is 15.8 Å². The molecule has 5 heteroatoms. The number of nitrogens with zero attached hydrogens (tertiary/aromatic N) is 3. The zero-order valence-electron chi connectivity index (χ0n) is 11.5. The lowest BCUT2D eigenvalue weighted by molar-refractivity contribution is 0.879. The van der Waals surface area contributed by atoms with Crippen LogP contribution >= 0.6 is 0 Å². The van der Waals surface area contributed by atoms with Crippen LogP contribution in [0.2, 0.25) is 0 Å². The van der Waals surface area contributed by atoms with Crippen molar-refractivity contribution >= 4 is 11.6 Å². The molecule has 100 valence electrons. The van der Waals surface area contributed by atoms with E-state index in [2.05, 4.69) is 51.5 Å². The average Bonchev–Trinajstić information content (AvgIpc) is 2.40. The van der Waals surface area contributed by atoms with E-state index in [-0.39, 0.29) is 0 Å². The van der Waals surface area contributed by atoms with E-state index in [0.717, 1.165) is 12.4 Å². The monoisotopic (exact) mass is 257 g/mol. The van der Waals surface area contributed by atoms with Crippen LogP contribution in [0.15, 0.2) is 30.3 Å². The quantitative estimate of drug-likeness (QED) is 0.648. The number of nitrogen functional groups attached to an aromatic ring is 1. The molecule has 0 unspecified atom stereocenters. The normalized spacial score (nSPS) is 10.3. The van der Waals surface area contributed by atoms with E-state index in [1.807, 2.05) is 20.0 Å². The van der Waals surface area contributed by atoms with Crippen LogP contribution in [-0.2, 0) is 6.54 Å². The summed E-state index contributed by atoms with van der Waals surface area (Å²) in [6, 6.07) is 10.3. The van der Waals surface area contributed by atoms with Gasteiger partial charge in [-0.1, -0.05) is 29.8 Å². The van der Waals surface area contributed by atoms with Crippen molar-refractivity contribution in [2.45, 2.75) is 20.4 Å². The highest BCUT2D eigenvalue weighted by Crippen LogP contribution is 2.16. The molecule has 1 aromatic heterocycles. The average molecular weight is 257 g/mol. The van der Waals surface area contributed by atoms with E-state index in [9.17, 15) is 0 Å². The highest BCUT2D eigenvalue weighted by molar-refractivity contribution is 5.48. The zero-order valence-corrected chi connectivity index (χ0v) is 11.5. The second-order valence-electron chi connectivity index (χ2n) is 4.64. The highest BCUT2D eigenvalue weighted by atomic mass is 15.3. The maximum atomic E-state index is 5.40. The van der Waals surface area contributed by atoms with Crippen LogP contribution in [0.25, 0.3) is 0 Å². The van der Waals surface area contributed by atoms with Crippen LogP contribution < -0.4 is 16.2 Å². The van der Waals surface area contributed by atoms with Crippen LogP contribution in [0.1, 0.15) is 17.0 Å². The predicted octanol–water partition coefficient (Wildman–Crippen LogP) is 2.02. The minimum absolute atomic E-state index is 0.623. The number of hydrogen-bond donors (Lipinski definition) is 2. The molecule has 0 saturated heterocycles. The van der Waals surface area contributed by atoms with Crippen LogP contribution in [-0.4, -0.2) is 17.0 Å². The van der Waals surface area contributed by atoms with Crippen molar-refractivity contribution in [3.05, 3.63) is 47.3 Å². The van der Waals surface area contributed by atoms with E-state index in [4.69, 9.17) is 5.84 Å². The molecule has 1 heterocycles. The van der Waals surface area contributed by atoms with Gasteiger partial charge in [-0.3, -0.25) is 0 Å². The van der Waals surface area contributed by atoms with Gasteiger partial charge in [-0.15, -0.1) is 0 Å². The summed E-state index contributed by atoms with van der Waals surface area (Å²) in [4.78, 5) is 10.7. The first-order valence-corrected chi connectivity index (χ1v) is 6.17. The summed E-state index contributed by atoms with van der Waals surface area (Å²) in [5, 5.41) is 0. The van der Waals surface area contributed by atoms with Gasteiger partial charge in [0.2, 0.25) is 0 Å². The first-order valence-electron chi connectivity index (χ1n) is 6.17. The van der Waals surface area contributed by atoms with E-state index in [0.29, 0.717) is 11.6 Å². The van der Waals surface area contributed by atoms with Crippen molar-refractivity contribution in [1.82, 2.24) is 9.97 Å². The van der Waals surface area contributed by atoms with Crippen LogP contribution in [0.4, 0.5) is 11.6 Å². The molecule has 1 aromatic carbocycles. The van der Waals surface area contributed by atoms with Gasteiger partial charge in [-0.05, 0) is 19.4 Å². The van der Waals surface area contributed by atoms with Crippen molar-refractivity contribution in [1.29, 1.82) is 0 Å². The Bertz CT molecular complexity index is 550. The fraction of sp³-hybridized carbons (Fsp3) is 0.286. The summed E-state index contributed by atoms with van der Waals surface area (Å²) in [7, 11) is 2.00. The number of aromatic nitrogens is 2. The molecule has 0 aliphatic carbocycles. The largest absolute Gasteiger partial charge is 0.355 e. The van der Waals surface area contributed by atoms with Gasteiger partial charge in [0.25, 0.3) is 0 Å². The number of anilines is 2. The SMILES string of the molecule is Cc1ccc(CN(C)c2cc(NN)nc(C)n2)cc1. The Morgan fingerprint density at radius 1 is 1.16 bits per heavy atom. The Hall–Kier alpha value is -2.14. The van der Waals surface area contributed by atoms with E-state index < -0.39 is 0 Å². The van der Waals surface area contributed by atoms with Gasteiger partial charge in [0, 0.05) is 19.7 Å². The lowest BCUT2D eigenvalue weighted by Gasteiger charge is -2.19. The Kier molecular flexibility index (Phi) is 3.97. The van der Waals surface area contributed by atoms with Gasteiger partial charge in [0.1, 0.15) is 17.5 Å². The van der Waals surface area contributed by atoms with E-state index >= 15 is 0 Å². The molecule has 2 aromatic rings. The molecule has 0 aliphatic rings. The molecule has 5 nitrogen and oxygen atoms in total. The third-order valence-electron chi connectivity index (χ3n) is 2.90. The molecule has 2 rings (SSSR count). The fourth-order valence-corrected chi connectivity index (χ4v) is 1.87. The predicted molar refractivity (Wildman–Crippen MR) is 77.9 cm³/mol. The van der Waals surface area contributed by atoms with E-state index in [1.54, 1.807) is 0 Å². The standard InChI is InChI=1S/C14H19N5/c1-10-4-6-12(7-5-10)9-19(3)14-8-13(18-15)16-11(2)17-14/h4-8H,9,15H2,1-3H3,(H,16,17,18). The minimum atomic E-state index is 0.623. The number of nitrogens with two attached hydrogens (primary N) is 1. The summed E-state index contributed by atoms with van der Waals surface area (Å²) < 4.78 is 0. The molecule has 19 heavy (non-hydrogen) atoms. The first-order chi connectivity index (χ1) is 9.08. The van der Waals surface area contributed by atoms with Gasteiger partial charge < -0.3 is 10.3 Å². The van der Waals surface area contributed by atoms with Crippen LogP contribution in [0.5, 0.6) is 0 Å². The molecular formula is C14H19N5. The van der Waals surface area contributed by atoms with E-state index in [1.165, 1.54) is 11.1 Å². The molecule has 0 atom stereocenters.